The van der Waals surface area contributed by atoms with Gasteiger partial charge in [-0.3, -0.25) is 4.39 Å². The minimum atomic E-state index is -5.11. The predicted octanol–water partition coefficient (Wildman–Crippen LogP) is 8.95. The Morgan fingerprint density at radius 3 is 1.88 bits per heavy atom. The third-order valence-corrected chi connectivity index (χ3v) is 6.03. The summed E-state index contributed by atoms with van der Waals surface area (Å²) in [6.07, 6.45) is -7.03. The molecule has 0 N–H and O–H groups in total. The zero-order chi connectivity index (χ0) is 30.2. The van der Waals surface area contributed by atoms with Crippen LogP contribution in [-0.2, 0) is 9.47 Å². The minimum absolute atomic E-state index is 0.277. The third kappa shape index (κ3) is 8.87. The summed E-state index contributed by atoms with van der Waals surface area (Å²) in [7, 11) is 0. The molecule has 0 bridgehead atoms. The van der Waals surface area contributed by atoms with Gasteiger partial charge in [0.15, 0.2) is 23.7 Å². The average molecular weight is 595 g/mol. The van der Waals surface area contributed by atoms with E-state index in [-0.39, 0.29) is 24.1 Å². The highest BCUT2D eigenvalue weighted by molar-refractivity contribution is 5.71. The van der Waals surface area contributed by atoms with Crippen molar-refractivity contribution < 1.29 is 53.7 Å². The van der Waals surface area contributed by atoms with Crippen molar-refractivity contribution in [3.8, 4) is 28.0 Å². The smallest absolute Gasteiger partial charge is 0.422 e. The van der Waals surface area contributed by atoms with Crippen molar-refractivity contribution in [1.82, 2.24) is 0 Å². The SMILES string of the molecule is CCCC1COC(CCF)OC1.Fc1ccc(-c2ccc(-c3cc(F)c(OC(F)(F)C(F)F)c(F)c3)c(F)c2)cc1. The van der Waals surface area contributed by atoms with Crippen LogP contribution in [0.1, 0.15) is 26.2 Å². The first-order chi connectivity index (χ1) is 19.4. The summed E-state index contributed by atoms with van der Waals surface area (Å²) in [5.41, 5.74) is 0.188. The molecule has 3 aromatic rings. The second-order valence-corrected chi connectivity index (χ2v) is 9.16. The van der Waals surface area contributed by atoms with Crippen molar-refractivity contribution in [3.63, 3.8) is 0 Å². The zero-order valence-electron chi connectivity index (χ0n) is 21.8. The summed E-state index contributed by atoms with van der Waals surface area (Å²) in [5, 5.41) is 0. The molecule has 0 spiro atoms. The number of hydrogen-bond donors (Lipinski definition) is 0. The average Bonchev–Trinajstić information content (AvgIpc) is 2.93. The molecule has 1 heterocycles. The number of alkyl halides is 5. The Balaban J connectivity index is 0.000000322. The van der Waals surface area contributed by atoms with Gasteiger partial charge in [0, 0.05) is 17.9 Å². The molecule has 41 heavy (non-hydrogen) atoms. The fourth-order valence-corrected chi connectivity index (χ4v) is 3.98. The summed E-state index contributed by atoms with van der Waals surface area (Å²) in [5.74, 6) is -5.99. The monoisotopic (exact) mass is 594 g/mol. The fraction of sp³-hybridized carbons (Fsp3) is 0.379. The minimum Gasteiger partial charge on any atom is -0.422 e. The Bertz CT molecular complexity index is 1220. The Hall–Kier alpha value is -3.25. The quantitative estimate of drug-likeness (QED) is 0.232. The molecule has 0 atom stereocenters. The van der Waals surface area contributed by atoms with Crippen LogP contribution in [0.25, 0.3) is 22.3 Å². The second-order valence-electron chi connectivity index (χ2n) is 9.16. The second kappa shape index (κ2) is 14.6. The van der Waals surface area contributed by atoms with Crippen LogP contribution in [0.15, 0.2) is 54.6 Å². The Labute approximate surface area is 230 Å². The first kappa shape index (κ1) is 32.3. The lowest BCUT2D eigenvalue weighted by atomic mass is 9.99. The van der Waals surface area contributed by atoms with Gasteiger partial charge in [-0.2, -0.15) is 17.6 Å². The summed E-state index contributed by atoms with van der Waals surface area (Å²) in [4.78, 5) is 0. The van der Waals surface area contributed by atoms with E-state index in [1.807, 2.05) is 0 Å². The Kier molecular flexibility index (Phi) is 11.5. The molecular formula is C29H27F9O3. The fourth-order valence-electron chi connectivity index (χ4n) is 3.98. The highest BCUT2D eigenvalue weighted by atomic mass is 19.3. The highest BCUT2D eigenvalue weighted by Crippen LogP contribution is 2.36. The van der Waals surface area contributed by atoms with E-state index < -0.39 is 41.6 Å². The maximum absolute atomic E-state index is 14.5. The standard InChI is InChI=1S/C20H10F8O.C9H17FO2/c21-13-4-1-10(2-5-13)11-3-6-14(15(22)7-11)12-8-16(23)18(17(24)9-12)29-20(27,28)19(25)26;1-2-3-8-6-11-9(4-5-10)12-7-8/h1-9,19H;8-9H,2-7H2,1H3. The molecule has 0 aliphatic carbocycles. The van der Waals surface area contributed by atoms with E-state index in [2.05, 4.69) is 11.7 Å². The van der Waals surface area contributed by atoms with Crippen LogP contribution >= 0.6 is 0 Å². The summed E-state index contributed by atoms with van der Waals surface area (Å²) in [6.45, 7) is 3.26. The van der Waals surface area contributed by atoms with Crippen molar-refractivity contribution in [2.75, 3.05) is 19.9 Å². The van der Waals surface area contributed by atoms with Crippen LogP contribution < -0.4 is 4.74 Å². The van der Waals surface area contributed by atoms with E-state index in [9.17, 15) is 39.5 Å². The molecule has 3 aromatic carbocycles. The summed E-state index contributed by atoms with van der Waals surface area (Å²) >= 11 is 0. The van der Waals surface area contributed by atoms with E-state index in [0.717, 1.165) is 32.1 Å². The molecule has 1 saturated heterocycles. The largest absolute Gasteiger partial charge is 0.461 e. The molecule has 12 heteroatoms. The maximum atomic E-state index is 14.5. The van der Waals surface area contributed by atoms with Crippen molar-refractivity contribution in [2.45, 2.75) is 45.0 Å². The zero-order valence-corrected chi connectivity index (χ0v) is 21.8. The molecular weight excluding hydrogens is 567 g/mol. The van der Waals surface area contributed by atoms with Crippen LogP contribution in [-0.4, -0.2) is 38.7 Å². The maximum Gasteiger partial charge on any atom is 0.461 e. The third-order valence-electron chi connectivity index (χ3n) is 6.03. The first-order valence-electron chi connectivity index (χ1n) is 12.6. The van der Waals surface area contributed by atoms with Gasteiger partial charge in [0.05, 0.1) is 19.9 Å². The van der Waals surface area contributed by atoms with Crippen molar-refractivity contribution in [3.05, 3.63) is 77.9 Å². The van der Waals surface area contributed by atoms with Crippen LogP contribution in [0.4, 0.5) is 39.5 Å². The van der Waals surface area contributed by atoms with Crippen molar-refractivity contribution >= 4 is 0 Å². The molecule has 0 saturated carbocycles. The van der Waals surface area contributed by atoms with Crippen LogP contribution in [0, 0.1) is 29.2 Å². The molecule has 1 fully saturated rings. The molecule has 1 aliphatic rings. The van der Waals surface area contributed by atoms with Gasteiger partial charge in [-0.25, -0.2) is 17.6 Å². The Morgan fingerprint density at radius 2 is 1.37 bits per heavy atom. The lowest BCUT2D eigenvalue weighted by Crippen LogP contribution is -2.34. The van der Waals surface area contributed by atoms with Gasteiger partial charge in [0.25, 0.3) is 0 Å². The van der Waals surface area contributed by atoms with Gasteiger partial charge in [-0.1, -0.05) is 37.6 Å². The molecule has 0 radical (unpaired) electrons. The summed E-state index contributed by atoms with van der Waals surface area (Å²) < 4.78 is 132. The summed E-state index contributed by atoms with van der Waals surface area (Å²) in [6, 6.07) is 9.71. The number of ether oxygens (including phenoxy) is 3. The molecule has 0 unspecified atom stereocenters. The lowest BCUT2D eigenvalue weighted by Gasteiger charge is -2.28. The van der Waals surface area contributed by atoms with E-state index >= 15 is 0 Å². The predicted molar refractivity (Wildman–Crippen MR) is 133 cm³/mol. The van der Waals surface area contributed by atoms with Gasteiger partial charge in [0.1, 0.15) is 11.6 Å². The van der Waals surface area contributed by atoms with Crippen molar-refractivity contribution in [2.24, 2.45) is 5.92 Å². The van der Waals surface area contributed by atoms with E-state index in [4.69, 9.17) is 9.47 Å². The van der Waals surface area contributed by atoms with E-state index in [1.54, 1.807) is 0 Å². The molecule has 0 aromatic heterocycles. The normalized spacial score (nSPS) is 17.2. The van der Waals surface area contributed by atoms with Gasteiger partial charge >= 0.3 is 12.5 Å². The van der Waals surface area contributed by atoms with Crippen LogP contribution in [0.5, 0.6) is 5.75 Å². The molecule has 3 nitrogen and oxygen atoms in total. The topological polar surface area (TPSA) is 27.7 Å². The number of hydrogen-bond acceptors (Lipinski definition) is 3. The number of rotatable bonds is 9. The molecule has 224 valence electrons. The van der Waals surface area contributed by atoms with E-state index in [1.165, 1.54) is 36.4 Å². The molecule has 0 amide bonds. The van der Waals surface area contributed by atoms with Crippen LogP contribution in [0.3, 0.4) is 0 Å². The van der Waals surface area contributed by atoms with Gasteiger partial charge in [-0.15, -0.1) is 0 Å². The van der Waals surface area contributed by atoms with Gasteiger partial charge in [0.2, 0.25) is 0 Å². The van der Waals surface area contributed by atoms with E-state index in [0.29, 0.717) is 35.6 Å². The first-order valence-corrected chi connectivity index (χ1v) is 12.6. The number of benzene rings is 3. The van der Waals surface area contributed by atoms with Crippen molar-refractivity contribution in [1.29, 1.82) is 0 Å². The van der Waals surface area contributed by atoms with Gasteiger partial charge in [-0.05, 0) is 53.4 Å². The molecule has 1 aliphatic heterocycles. The van der Waals surface area contributed by atoms with Crippen LogP contribution in [0.2, 0.25) is 0 Å². The highest BCUT2D eigenvalue weighted by Gasteiger charge is 2.45. The molecule has 4 rings (SSSR count). The number of halogens is 9. The lowest BCUT2D eigenvalue weighted by molar-refractivity contribution is -0.255. The van der Waals surface area contributed by atoms with Gasteiger partial charge < -0.3 is 14.2 Å². The Morgan fingerprint density at radius 1 is 0.805 bits per heavy atom.